The van der Waals surface area contributed by atoms with Crippen LogP contribution >= 0.6 is 11.8 Å². The first-order chi connectivity index (χ1) is 8.47. The molecule has 0 bridgehead atoms. The van der Waals surface area contributed by atoms with E-state index >= 15 is 0 Å². The van der Waals surface area contributed by atoms with E-state index in [1.165, 1.54) is 6.07 Å². The molecule has 2 rings (SSSR count). The van der Waals surface area contributed by atoms with Gasteiger partial charge in [0, 0.05) is 6.07 Å². The van der Waals surface area contributed by atoms with Gasteiger partial charge in [-0.2, -0.15) is 0 Å². The normalized spacial score (nSPS) is 15.3. The van der Waals surface area contributed by atoms with Crippen LogP contribution < -0.4 is 11.5 Å². The van der Waals surface area contributed by atoms with Crippen LogP contribution in [0.4, 0.5) is 11.6 Å². The number of nitrogen functional groups attached to an aromatic ring is 2. The van der Waals surface area contributed by atoms with Gasteiger partial charge in [0.15, 0.2) is 16.7 Å². The third kappa shape index (κ3) is 2.33. The molecule has 1 aliphatic carbocycles. The third-order valence-electron chi connectivity index (χ3n) is 2.00. The van der Waals surface area contributed by atoms with Gasteiger partial charge in [0.25, 0.3) is 0 Å². The maximum atomic E-state index is 11.5. The number of allylic oxidation sites excluding steroid dienone is 3. The lowest BCUT2D eigenvalue weighted by Crippen LogP contribution is -2.12. The number of carbonyl (C=O) groups excluding carboxylic acids is 2. The molecule has 0 aliphatic heterocycles. The van der Waals surface area contributed by atoms with Gasteiger partial charge < -0.3 is 16.6 Å². The van der Waals surface area contributed by atoms with Gasteiger partial charge in [0.1, 0.15) is 16.5 Å². The molecule has 0 unspecified atom stereocenters. The summed E-state index contributed by atoms with van der Waals surface area (Å²) >= 11 is 0.739. The van der Waals surface area contributed by atoms with Gasteiger partial charge in [0.2, 0.25) is 5.78 Å². The van der Waals surface area contributed by atoms with Crippen LogP contribution in [0.15, 0.2) is 34.0 Å². The Morgan fingerprint density at radius 1 is 1.06 bits per heavy atom. The quantitative estimate of drug-likeness (QED) is 0.510. The minimum absolute atomic E-state index is 0.0884. The van der Waals surface area contributed by atoms with Crippen molar-refractivity contribution in [2.45, 2.75) is 5.16 Å². The lowest BCUT2D eigenvalue weighted by Gasteiger charge is -2.08. The van der Waals surface area contributed by atoms with E-state index in [9.17, 15) is 14.7 Å². The smallest absolute Gasteiger partial charge is 0.221 e. The van der Waals surface area contributed by atoms with Crippen molar-refractivity contribution in [2.24, 2.45) is 0 Å². The lowest BCUT2D eigenvalue weighted by atomic mass is 10.1. The summed E-state index contributed by atoms with van der Waals surface area (Å²) in [5, 5.41) is 9.62. The summed E-state index contributed by atoms with van der Waals surface area (Å²) in [6.45, 7) is 0. The van der Waals surface area contributed by atoms with Crippen molar-refractivity contribution in [3.05, 3.63) is 28.9 Å². The molecule has 1 aromatic heterocycles. The van der Waals surface area contributed by atoms with Crippen LogP contribution in [0, 0.1) is 0 Å². The van der Waals surface area contributed by atoms with Crippen molar-refractivity contribution in [3.8, 4) is 0 Å². The molecule has 0 spiro atoms. The zero-order chi connectivity index (χ0) is 13.3. The highest BCUT2D eigenvalue weighted by Gasteiger charge is 2.24. The van der Waals surface area contributed by atoms with E-state index in [0.29, 0.717) is 0 Å². The zero-order valence-corrected chi connectivity index (χ0v) is 9.77. The number of anilines is 2. The Labute approximate surface area is 106 Å². The van der Waals surface area contributed by atoms with E-state index in [1.54, 1.807) is 0 Å². The van der Waals surface area contributed by atoms with Crippen LogP contribution in [-0.4, -0.2) is 26.6 Å². The minimum atomic E-state index is -0.644. The molecule has 1 aliphatic rings. The number of rotatable bonds is 2. The zero-order valence-electron chi connectivity index (χ0n) is 8.95. The first-order valence-electron chi connectivity index (χ1n) is 4.75. The fraction of sp³-hybridized carbons (Fsp3) is 0. The van der Waals surface area contributed by atoms with Crippen molar-refractivity contribution < 1.29 is 14.7 Å². The Kier molecular flexibility index (Phi) is 3.02. The van der Waals surface area contributed by atoms with Crippen LogP contribution in [0.2, 0.25) is 0 Å². The Morgan fingerprint density at radius 3 is 2.22 bits per heavy atom. The average Bonchev–Trinajstić information content (AvgIpc) is 2.28. The second kappa shape index (κ2) is 4.49. The van der Waals surface area contributed by atoms with E-state index in [1.807, 2.05) is 0 Å². The molecule has 5 N–H and O–H groups in total. The van der Waals surface area contributed by atoms with Gasteiger partial charge in [0.05, 0.1) is 0 Å². The largest absolute Gasteiger partial charge is 0.503 e. The van der Waals surface area contributed by atoms with Crippen molar-refractivity contribution in [1.29, 1.82) is 0 Å². The van der Waals surface area contributed by atoms with Crippen molar-refractivity contribution >= 4 is 35.0 Å². The number of hydrogen-bond donors (Lipinski definition) is 3. The predicted octanol–water partition coefficient (Wildman–Crippen LogP) is 0.211. The van der Waals surface area contributed by atoms with Gasteiger partial charge in [-0.3, -0.25) is 9.59 Å². The number of aliphatic hydroxyl groups excluding tert-OH is 1. The van der Waals surface area contributed by atoms with Gasteiger partial charge in [-0.1, -0.05) is 0 Å². The second-order valence-electron chi connectivity index (χ2n) is 3.34. The molecule has 0 amide bonds. The van der Waals surface area contributed by atoms with Gasteiger partial charge in [-0.15, -0.1) is 0 Å². The van der Waals surface area contributed by atoms with Gasteiger partial charge >= 0.3 is 0 Å². The molecule has 0 saturated carbocycles. The molecular weight excluding hydrogens is 256 g/mol. The number of ketones is 2. The van der Waals surface area contributed by atoms with Crippen molar-refractivity contribution in [3.63, 3.8) is 0 Å². The molecular formula is C10H8N4O3S. The van der Waals surface area contributed by atoms with E-state index in [2.05, 4.69) is 9.97 Å². The summed E-state index contributed by atoms with van der Waals surface area (Å²) < 4.78 is 0. The van der Waals surface area contributed by atoms with Crippen LogP contribution in [-0.2, 0) is 9.59 Å². The fourth-order valence-corrected chi connectivity index (χ4v) is 2.08. The monoisotopic (exact) mass is 264 g/mol. The fourth-order valence-electron chi connectivity index (χ4n) is 1.23. The number of hydrogen-bond acceptors (Lipinski definition) is 8. The second-order valence-corrected chi connectivity index (χ2v) is 4.32. The third-order valence-corrected chi connectivity index (χ3v) is 2.96. The molecule has 18 heavy (non-hydrogen) atoms. The Bertz CT molecular complexity index is 589. The summed E-state index contributed by atoms with van der Waals surface area (Å²) in [5.41, 5.74) is 10.9. The highest BCUT2D eigenvalue weighted by Crippen LogP contribution is 2.29. The molecule has 0 fully saturated rings. The SMILES string of the molecule is Nc1cc(N)nc(SC2=C(O)C(=O)C=CC2=O)n1. The summed E-state index contributed by atoms with van der Waals surface area (Å²) in [7, 11) is 0. The Hall–Kier alpha value is -2.35. The summed E-state index contributed by atoms with van der Waals surface area (Å²) in [5.74, 6) is -1.50. The number of carbonyl (C=O) groups is 2. The maximum absolute atomic E-state index is 11.5. The number of aromatic nitrogens is 2. The Morgan fingerprint density at radius 2 is 1.61 bits per heavy atom. The molecule has 1 heterocycles. The lowest BCUT2D eigenvalue weighted by molar-refractivity contribution is -0.116. The van der Waals surface area contributed by atoms with Crippen LogP contribution in [0.3, 0.4) is 0 Å². The topological polar surface area (TPSA) is 132 Å². The first kappa shape index (κ1) is 12.1. The van der Waals surface area contributed by atoms with Crippen LogP contribution in [0.5, 0.6) is 0 Å². The van der Waals surface area contributed by atoms with Crippen LogP contribution in [0.1, 0.15) is 0 Å². The molecule has 0 aromatic carbocycles. The Balaban J connectivity index is 2.36. The number of thioether (sulfide) groups is 1. The average molecular weight is 264 g/mol. The molecule has 0 radical (unpaired) electrons. The molecule has 8 heteroatoms. The molecule has 92 valence electrons. The molecule has 0 saturated heterocycles. The van der Waals surface area contributed by atoms with Crippen LogP contribution in [0.25, 0.3) is 0 Å². The highest BCUT2D eigenvalue weighted by molar-refractivity contribution is 8.04. The van der Waals surface area contributed by atoms with E-state index in [4.69, 9.17) is 11.5 Å². The summed E-state index contributed by atoms with van der Waals surface area (Å²) in [6.07, 6.45) is 2.07. The standard InChI is InChI=1S/C10H8N4O3S/c11-6-3-7(12)14-10(13-6)18-9-5(16)2-1-4(15)8(9)17/h1-3,17H,(H4,11,12,13,14). The van der Waals surface area contributed by atoms with Crippen molar-refractivity contribution in [1.82, 2.24) is 9.97 Å². The van der Waals surface area contributed by atoms with E-state index in [0.717, 1.165) is 23.9 Å². The predicted molar refractivity (Wildman–Crippen MR) is 65.5 cm³/mol. The van der Waals surface area contributed by atoms with Gasteiger partial charge in [-0.05, 0) is 23.9 Å². The molecule has 1 aromatic rings. The van der Waals surface area contributed by atoms with Gasteiger partial charge in [-0.25, -0.2) is 9.97 Å². The van der Waals surface area contributed by atoms with E-state index < -0.39 is 17.3 Å². The van der Waals surface area contributed by atoms with Crippen molar-refractivity contribution in [2.75, 3.05) is 11.5 Å². The molecule has 7 nitrogen and oxygen atoms in total. The first-order valence-corrected chi connectivity index (χ1v) is 5.57. The van der Waals surface area contributed by atoms with E-state index in [-0.39, 0.29) is 21.7 Å². The number of aliphatic hydroxyl groups is 1. The highest BCUT2D eigenvalue weighted by atomic mass is 32.2. The number of nitrogens with zero attached hydrogens (tertiary/aromatic N) is 2. The number of nitrogens with two attached hydrogens (primary N) is 2. The minimum Gasteiger partial charge on any atom is -0.503 e. The maximum Gasteiger partial charge on any atom is 0.221 e. The molecule has 0 atom stereocenters. The summed E-state index contributed by atoms with van der Waals surface area (Å²) in [6, 6.07) is 1.35. The summed E-state index contributed by atoms with van der Waals surface area (Å²) in [4.78, 5) is 30.3.